The molecule has 0 aliphatic carbocycles. The number of hydrogen-bond acceptors (Lipinski definition) is 6. The van der Waals surface area contributed by atoms with Crippen molar-refractivity contribution in [3.63, 3.8) is 0 Å². The van der Waals surface area contributed by atoms with Gasteiger partial charge >= 0.3 is 6.09 Å². The van der Waals surface area contributed by atoms with E-state index in [0.717, 1.165) is 26.9 Å². The van der Waals surface area contributed by atoms with Crippen molar-refractivity contribution in [2.75, 3.05) is 6.61 Å². The van der Waals surface area contributed by atoms with Crippen LogP contribution in [0.4, 0.5) is 4.79 Å². The number of rotatable bonds is 9. The van der Waals surface area contributed by atoms with Crippen molar-refractivity contribution < 1.29 is 28.9 Å². The number of fused-ring (bicyclic) bond motifs is 3. The lowest BCUT2D eigenvalue weighted by Crippen LogP contribution is -2.51. The van der Waals surface area contributed by atoms with Gasteiger partial charge in [0.15, 0.2) is 0 Å². The fourth-order valence-corrected chi connectivity index (χ4v) is 6.85. The number of amides is 2. The molecule has 3 aromatic rings. The van der Waals surface area contributed by atoms with Gasteiger partial charge in [-0.3, -0.25) is 4.79 Å². The number of benzene rings is 3. The predicted octanol–water partition coefficient (Wildman–Crippen LogP) is 7.25. The summed E-state index contributed by atoms with van der Waals surface area (Å²) < 4.78 is 18.9. The van der Waals surface area contributed by atoms with Gasteiger partial charge in [-0.05, 0) is 95.3 Å². The van der Waals surface area contributed by atoms with Crippen LogP contribution in [0, 0.1) is 5.92 Å². The number of nitrogens with zero attached hydrogens (tertiary/aromatic N) is 1. The molecular formula is C36H42BrClN2O6. The minimum atomic E-state index is -1.09. The number of aliphatic hydroxyl groups excluding tert-OH is 1. The van der Waals surface area contributed by atoms with Crippen molar-refractivity contribution in [3.8, 4) is 5.75 Å². The molecule has 1 saturated heterocycles. The van der Waals surface area contributed by atoms with Gasteiger partial charge in [0.1, 0.15) is 29.8 Å². The third-order valence-corrected chi connectivity index (χ3v) is 9.07. The van der Waals surface area contributed by atoms with Crippen molar-refractivity contribution in [1.29, 1.82) is 0 Å². The van der Waals surface area contributed by atoms with Crippen molar-refractivity contribution in [3.05, 3.63) is 99.0 Å². The van der Waals surface area contributed by atoms with Gasteiger partial charge in [-0.15, -0.1) is 0 Å². The number of hydrogen-bond donors (Lipinski definition) is 2. The molecule has 246 valence electrons. The number of para-hydroxylation sites is 1. The highest BCUT2D eigenvalue weighted by Gasteiger charge is 2.54. The van der Waals surface area contributed by atoms with Crippen LogP contribution >= 0.6 is 27.5 Å². The zero-order chi connectivity index (χ0) is 33.2. The van der Waals surface area contributed by atoms with Gasteiger partial charge in [-0.25, -0.2) is 4.79 Å². The second-order valence-corrected chi connectivity index (χ2v) is 14.9. The molecule has 0 saturated carbocycles. The molecule has 1 fully saturated rings. The SMILES string of the molecule is CC(C)(C)OC(=O)N[C@@H](Cc1ccc(Br)cc1)[C@@H](O)C[C@@H](Cc1cccc(Cl)c1)C(=O)N1C2c3ccccc3OC[C@H]2OC1(C)C. The highest BCUT2D eigenvalue weighted by Crippen LogP contribution is 2.48. The van der Waals surface area contributed by atoms with Crippen LogP contribution in [0.2, 0.25) is 5.02 Å². The maximum atomic E-state index is 14.8. The molecule has 3 aromatic carbocycles. The summed E-state index contributed by atoms with van der Waals surface area (Å²) in [5, 5.41) is 15.3. The number of ether oxygens (including phenoxy) is 3. The van der Waals surface area contributed by atoms with E-state index in [9.17, 15) is 14.7 Å². The number of aliphatic hydroxyl groups is 1. The van der Waals surface area contributed by atoms with E-state index in [1.807, 2.05) is 85.5 Å². The molecule has 5 rings (SSSR count). The van der Waals surface area contributed by atoms with Gasteiger partial charge in [0.25, 0.3) is 0 Å². The fraction of sp³-hybridized carbons (Fsp3) is 0.444. The first-order chi connectivity index (χ1) is 21.7. The monoisotopic (exact) mass is 712 g/mol. The molecule has 2 aliphatic heterocycles. The minimum Gasteiger partial charge on any atom is -0.490 e. The van der Waals surface area contributed by atoms with E-state index in [1.54, 1.807) is 26.8 Å². The summed E-state index contributed by atoms with van der Waals surface area (Å²) in [6.45, 7) is 9.46. The summed E-state index contributed by atoms with van der Waals surface area (Å²) in [7, 11) is 0. The Morgan fingerprint density at radius 2 is 1.78 bits per heavy atom. The maximum Gasteiger partial charge on any atom is 0.407 e. The first-order valence-corrected chi connectivity index (χ1v) is 16.8. The van der Waals surface area contributed by atoms with Crippen molar-refractivity contribution in [1.82, 2.24) is 10.2 Å². The second kappa shape index (κ2) is 13.9. The van der Waals surface area contributed by atoms with Crippen LogP contribution in [-0.4, -0.2) is 58.2 Å². The summed E-state index contributed by atoms with van der Waals surface area (Å²) in [6.07, 6.45) is -1.33. The molecule has 5 atom stereocenters. The topological polar surface area (TPSA) is 97.3 Å². The van der Waals surface area contributed by atoms with Gasteiger partial charge < -0.3 is 29.5 Å². The molecule has 0 aromatic heterocycles. The van der Waals surface area contributed by atoms with Crippen molar-refractivity contribution in [2.24, 2.45) is 5.92 Å². The quantitative estimate of drug-likeness (QED) is 0.243. The van der Waals surface area contributed by atoms with Crippen molar-refractivity contribution >= 4 is 39.5 Å². The molecule has 2 aliphatic rings. The number of nitrogens with one attached hydrogen (secondary N) is 1. The molecule has 2 heterocycles. The van der Waals surface area contributed by atoms with E-state index in [2.05, 4.69) is 21.2 Å². The van der Waals surface area contributed by atoms with E-state index in [4.69, 9.17) is 25.8 Å². The van der Waals surface area contributed by atoms with Crippen LogP contribution in [0.5, 0.6) is 5.75 Å². The van der Waals surface area contributed by atoms with Crippen LogP contribution in [-0.2, 0) is 27.1 Å². The lowest BCUT2D eigenvalue weighted by molar-refractivity contribution is -0.153. The highest BCUT2D eigenvalue weighted by molar-refractivity contribution is 9.10. The average Bonchev–Trinajstić information content (AvgIpc) is 3.26. The first-order valence-electron chi connectivity index (χ1n) is 15.6. The maximum absolute atomic E-state index is 14.8. The average molecular weight is 714 g/mol. The molecule has 1 unspecified atom stereocenters. The Morgan fingerprint density at radius 1 is 1.07 bits per heavy atom. The van der Waals surface area contributed by atoms with Gasteiger partial charge in [0, 0.05) is 21.0 Å². The van der Waals surface area contributed by atoms with Gasteiger partial charge in [-0.1, -0.05) is 70.0 Å². The Kier molecular flexibility index (Phi) is 10.4. The number of carbonyl (C=O) groups is 2. The zero-order valence-electron chi connectivity index (χ0n) is 26.8. The molecule has 2 amide bonds. The van der Waals surface area contributed by atoms with E-state index >= 15 is 0 Å². The Bertz CT molecular complexity index is 1540. The summed E-state index contributed by atoms with van der Waals surface area (Å²) in [5.41, 5.74) is 1.01. The number of carbonyl (C=O) groups excluding carboxylic acids is 2. The fourth-order valence-electron chi connectivity index (χ4n) is 6.38. The third-order valence-electron chi connectivity index (χ3n) is 8.31. The summed E-state index contributed by atoms with van der Waals surface area (Å²) in [5.74, 6) is -0.101. The van der Waals surface area contributed by atoms with Gasteiger partial charge in [0.2, 0.25) is 5.91 Å². The van der Waals surface area contributed by atoms with E-state index in [1.165, 1.54) is 0 Å². The van der Waals surface area contributed by atoms with E-state index in [-0.39, 0.29) is 24.5 Å². The zero-order valence-corrected chi connectivity index (χ0v) is 29.2. The summed E-state index contributed by atoms with van der Waals surface area (Å²) >= 11 is 9.82. The minimum absolute atomic E-state index is 0.0739. The molecule has 2 N–H and O–H groups in total. The molecule has 8 nitrogen and oxygen atoms in total. The highest BCUT2D eigenvalue weighted by atomic mass is 79.9. The van der Waals surface area contributed by atoms with Gasteiger partial charge in [-0.2, -0.15) is 0 Å². The van der Waals surface area contributed by atoms with E-state index < -0.39 is 35.5 Å². The van der Waals surface area contributed by atoms with Crippen LogP contribution in [0.25, 0.3) is 0 Å². The third kappa shape index (κ3) is 8.23. The predicted molar refractivity (Wildman–Crippen MR) is 181 cm³/mol. The molecule has 0 bridgehead atoms. The van der Waals surface area contributed by atoms with Crippen LogP contribution in [0.1, 0.15) is 63.8 Å². The van der Waals surface area contributed by atoms with Gasteiger partial charge in [0.05, 0.1) is 18.2 Å². The Balaban J connectivity index is 1.47. The molecule has 0 spiro atoms. The number of alkyl carbamates (subject to hydrolysis) is 1. The molecular weight excluding hydrogens is 672 g/mol. The Hall–Kier alpha value is -3.11. The molecule has 46 heavy (non-hydrogen) atoms. The lowest BCUT2D eigenvalue weighted by atomic mass is 9.87. The van der Waals surface area contributed by atoms with E-state index in [0.29, 0.717) is 24.5 Å². The smallest absolute Gasteiger partial charge is 0.407 e. The largest absolute Gasteiger partial charge is 0.490 e. The lowest BCUT2D eigenvalue weighted by Gasteiger charge is -2.38. The van der Waals surface area contributed by atoms with Crippen LogP contribution < -0.4 is 10.1 Å². The van der Waals surface area contributed by atoms with Crippen molar-refractivity contribution in [2.45, 2.75) is 89.5 Å². The second-order valence-electron chi connectivity index (χ2n) is 13.5. The normalized spacial score (nSPS) is 20.5. The molecule has 0 radical (unpaired) electrons. The molecule has 10 heteroatoms. The summed E-state index contributed by atoms with van der Waals surface area (Å²) in [6, 6.07) is 21.7. The Morgan fingerprint density at radius 3 is 2.48 bits per heavy atom. The van der Waals surface area contributed by atoms with Crippen LogP contribution in [0.3, 0.4) is 0 Å². The Labute approximate surface area is 284 Å². The summed E-state index contributed by atoms with van der Waals surface area (Å²) in [4.78, 5) is 29.6. The first kappa shape index (κ1) is 34.2. The number of halogens is 2. The standard InChI is InChI=1S/C36H42BrClN2O6/c1-35(2,3)46-34(43)39-28(19-22-13-15-25(37)16-14-22)29(41)20-24(17-23-9-8-10-26(38)18-23)33(42)40-32-27-11-6-7-12-30(27)44-21-31(32)45-36(40,4)5/h6-16,18,24,28-29,31-32,41H,17,19-21H2,1-5H3,(H,39,43)/t24-,28+,29+,31-,32?/m1/s1. The van der Waals surface area contributed by atoms with Crippen LogP contribution in [0.15, 0.2) is 77.3 Å².